The fraction of sp³-hybridized carbons (Fsp3) is 0.273. The minimum absolute atomic E-state index is 0.0474. The number of sulfonamides is 1. The quantitative estimate of drug-likeness (QED) is 0.239. The molecule has 10 nitrogen and oxygen atoms in total. The molecule has 3 rings (SSSR count). The topological polar surface area (TPSA) is 129 Å². The molecular formula is C22H22FN3O7S2. The van der Waals surface area contributed by atoms with Crippen LogP contribution in [0, 0.1) is 15.9 Å². The van der Waals surface area contributed by atoms with Crippen molar-refractivity contribution in [2.45, 2.75) is 37.8 Å². The van der Waals surface area contributed by atoms with Crippen molar-refractivity contribution in [2.24, 2.45) is 0 Å². The van der Waals surface area contributed by atoms with Crippen LogP contribution in [-0.2, 0) is 21.3 Å². The molecule has 35 heavy (non-hydrogen) atoms. The number of thiazole rings is 1. The molecule has 1 aromatic heterocycles. The van der Waals surface area contributed by atoms with E-state index in [1.165, 1.54) is 12.6 Å². The normalized spacial score (nSPS) is 11.7. The lowest BCUT2D eigenvalue weighted by atomic mass is 10.2. The number of halogens is 1. The molecule has 0 N–H and O–H groups in total. The second-order valence-electron chi connectivity index (χ2n) is 8.24. The smallest absolute Gasteiger partial charge is 0.360 e. The molecule has 1 heterocycles. The van der Waals surface area contributed by atoms with E-state index in [1.54, 1.807) is 45.0 Å². The van der Waals surface area contributed by atoms with Crippen LogP contribution in [0.25, 0.3) is 0 Å². The summed E-state index contributed by atoms with van der Waals surface area (Å²) < 4.78 is 53.0. The highest BCUT2D eigenvalue weighted by Gasteiger charge is 2.33. The van der Waals surface area contributed by atoms with Gasteiger partial charge in [0.2, 0.25) is 5.82 Å². The average molecular weight is 524 g/mol. The number of methoxy groups -OCH3 is 1. The lowest BCUT2D eigenvalue weighted by Gasteiger charge is -2.25. The van der Waals surface area contributed by atoms with Crippen LogP contribution in [0.2, 0.25) is 0 Å². The molecule has 2 aromatic carbocycles. The summed E-state index contributed by atoms with van der Waals surface area (Å²) >= 11 is 0.881. The van der Waals surface area contributed by atoms with Gasteiger partial charge in [0.1, 0.15) is 16.4 Å². The Balaban J connectivity index is 2.12. The van der Waals surface area contributed by atoms with Crippen LogP contribution in [-0.4, -0.2) is 37.0 Å². The van der Waals surface area contributed by atoms with E-state index in [-0.39, 0.29) is 17.2 Å². The summed E-state index contributed by atoms with van der Waals surface area (Å²) in [7, 11) is -3.02. The molecule has 186 valence electrons. The number of nitrogens with zero attached hydrogens (tertiary/aromatic N) is 3. The van der Waals surface area contributed by atoms with Crippen LogP contribution in [0.1, 0.15) is 36.8 Å². The van der Waals surface area contributed by atoms with Gasteiger partial charge in [-0.05, 0) is 44.5 Å². The lowest BCUT2D eigenvalue weighted by molar-refractivity contribution is -0.387. The van der Waals surface area contributed by atoms with Crippen molar-refractivity contribution in [1.82, 2.24) is 4.98 Å². The third-order valence-corrected chi connectivity index (χ3v) is 7.26. The van der Waals surface area contributed by atoms with E-state index in [4.69, 9.17) is 9.47 Å². The third-order valence-electron chi connectivity index (χ3n) is 4.56. The number of carbonyl (C=O) groups excluding carboxylic acids is 1. The van der Waals surface area contributed by atoms with Gasteiger partial charge in [0.05, 0.1) is 29.0 Å². The van der Waals surface area contributed by atoms with Crippen LogP contribution in [0.4, 0.5) is 15.1 Å². The summed E-state index contributed by atoms with van der Waals surface area (Å²) in [5.41, 5.74) is -0.136. The Morgan fingerprint density at radius 3 is 2.40 bits per heavy atom. The standard InChI is InChI=1S/C22H22FN3O7S2/c1-22(2,3)33-21(27)19-20(34-13-24-19)25(12-14-5-7-15(32-4)8-6-14)35(30,31)16-9-10-18(26(28)29)17(23)11-16/h5-11,13H,12H2,1-4H3. The molecular weight excluding hydrogens is 501 g/mol. The van der Waals surface area contributed by atoms with E-state index in [0.717, 1.165) is 27.8 Å². The SMILES string of the molecule is COc1ccc(CN(c2scnc2C(=O)OC(C)(C)C)S(=O)(=O)c2ccc([N+](=O)[O-])c(F)c2)cc1. The van der Waals surface area contributed by atoms with Crippen LogP contribution < -0.4 is 9.04 Å². The van der Waals surface area contributed by atoms with Crippen molar-refractivity contribution in [2.75, 3.05) is 11.4 Å². The van der Waals surface area contributed by atoms with Crippen molar-refractivity contribution in [1.29, 1.82) is 0 Å². The van der Waals surface area contributed by atoms with Gasteiger partial charge in [0, 0.05) is 12.1 Å². The summed E-state index contributed by atoms with van der Waals surface area (Å²) in [6.45, 7) is 4.72. The molecule has 3 aromatic rings. The van der Waals surface area contributed by atoms with Gasteiger partial charge in [-0.25, -0.2) is 18.2 Å². The minimum Gasteiger partial charge on any atom is -0.497 e. The first-order valence-electron chi connectivity index (χ1n) is 10.1. The second-order valence-corrected chi connectivity index (χ2v) is 10.9. The minimum atomic E-state index is -4.50. The Bertz CT molecular complexity index is 1350. The Morgan fingerprint density at radius 2 is 1.86 bits per heavy atom. The number of esters is 1. The summed E-state index contributed by atoms with van der Waals surface area (Å²) in [6, 6.07) is 8.81. The fourth-order valence-electron chi connectivity index (χ4n) is 2.97. The van der Waals surface area contributed by atoms with Gasteiger partial charge in [-0.3, -0.25) is 14.4 Å². The molecule has 0 radical (unpaired) electrons. The number of carbonyl (C=O) groups is 1. The number of hydrogen-bond acceptors (Lipinski definition) is 9. The number of anilines is 1. The first-order valence-corrected chi connectivity index (χ1v) is 12.4. The number of benzene rings is 2. The van der Waals surface area contributed by atoms with Crippen molar-refractivity contribution in [3.05, 3.63) is 75.2 Å². The number of ether oxygens (including phenoxy) is 2. The summed E-state index contributed by atoms with van der Waals surface area (Å²) in [4.78, 5) is 26.3. The third kappa shape index (κ3) is 5.92. The van der Waals surface area contributed by atoms with E-state index in [0.29, 0.717) is 17.4 Å². The van der Waals surface area contributed by atoms with Crippen LogP contribution in [0.15, 0.2) is 52.9 Å². The monoisotopic (exact) mass is 523 g/mol. The molecule has 0 atom stereocenters. The van der Waals surface area contributed by atoms with Gasteiger partial charge in [0.25, 0.3) is 10.0 Å². The van der Waals surface area contributed by atoms with Gasteiger partial charge in [0.15, 0.2) is 5.69 Å². The highest BCUT2D eigenvalue weighted by Crippen LogP contribution is 2.34. The Labute approximate surface area is 205 Å². The number of nitro groups is 1. The van der Waals surface area contributed by atoms with E-state index < -0.39 is 42.9 Å². The molecule has 0 aliphatic rings. The molecule has 0 spiro atoms. The van der Waals surface area contributed by atoms with Crippen molar-refractivity contribution >= 4 is 38.0 Å². The van der Waals surface area contributed by atoms with Gasteiger partial charge in [-0.2, -0.15) is 4.39 Å². The van der Waals surface area contributed by atoms with Crippen LogP contribution in [0.5, 0.6) is 5.75 Å². The predicted octanol–water partition coefficient (Wildman–Crippen LogP) is 4.55. The molecule has 0 unspecified atom stereocenters. The molecule has 13 heteroatoms. The predicted molar refractivity (Wildman–Crippen MR) is 127 cm³/mol. The van der Waals surface area contributed by atoms with Crippen LogP contribution >= 0.6 is 11.3 Å². The zero-order valence-corrected chi connectivity index (χ0v) is 20.9. The number of hydrogen-bond donors (Lipinski definition) is 0. The molecule has 0 saturated heterocycles. The maximum atomic E-state index is 14.3. The van der Waals surface area contributed by atoms with Crippen molar-refractivity contribution in [3.63, 3.8) is 0 Å². The summed E-state index contributed by atoms with van der Waals surface area (Å²) in [6.07, 6.45) is 0. The van der Waals surface area contributed by atoms with Crippen molar-refractivity contribution in [3.8, 4) is 5.75 Å². The zero-order valence-electron chi connectivity index (χ0n) is 19.2. The lowest BCUT2D eigenvalue weighted by Crippen LogP contribution is -2.32. The molecule has 0 bridgehead atoms. The van der Waals surface area contributed by atoms with Gasteiger partial charge < -0.3 is 9.47 Å². The summed E-state index contributed by atoms with van der Waals surface area (Å²) in [5.74, 6) is -1.59. The zero-order chi connectivity index (χ0) is 26.0. The Hall–Kier alpha value is -3.58. The van der Waals surface area contributed by atoms with Crippen LogP contribution in [0.3, 0.4) is 0 Å². The first-order chi connectivity index (χ1) is 16.3. The molecule has 0 fully saturated rings. The van der Waals surface area contributed by atoms with Crippen molar-refractivity contribution < 1.29 is 32.0 Å². The second kappa shape index (κ2) is 9.96. The Morgan fingerprint density at radius 1 is 1.20 bits per heavy atom. The van der Waals surface area contributed by atoms with Gasteiger partial charge >= 0.3 is 11.7 Å². The molecule has 0 aliphatic carbocycles. The number of aromatic nitrogens is 1. The molecule has 0 saturated carbocycles. The Kier molecular flexibility index (Phi) is 7.41. The fourth-order valence-corrected chi connectivity index (χ4v) is 5.45. The largest absolute Gasteiger partial charge is 0.497 e. The van der Waals surface area contributed by atoms with E-state index in [1.807, 2.05) is 0 Å². The van der Waals surface area contributed by atoms with Gasteiger partial charge in [-0.15, -0.1) is 11.3 Å². The maximum absolute atomic E-state index is 14.3. The van der Waals surface area contributed by atoms with E-state index in [2.05, 4.69) is 4.98 Å². The highest BCUT2D eigenvalue weighted by molar-refractivity contribution is 7.93. The van der Waals surface area contributed by atoms with E-state index in [9.17, 15) is 27.7 Å². The first kappa shape index (κ1) is 26.0. The average Bonchev–Trinajstić information content (AvgIpc) is 3.26. The number of rotatable bonds is 8. The number of nitro benzene ring substituents is 1. The van der Waals surface area contributed by atoms with Gasteiger partial charge in [-0.1, -0.05) is 12.1 Å². The highest BCUT2D eigenvalue weighted by atomic mass is 32.2. The van der Waals surface area contributed by atoms with E-state index >= 15 is 0 Å². The molecule has 0 aliphatic heterocycles. The maximum Gasteiger partial charge on any atom is 0.360 e. The molecule has 0 amide bonds. The summed E-state index contributed by atoms with van der Waals surface area (Å²) in [5, 5.41) is 10.9.